The third kappa shape index (κ3) is 2.87. The number of aliphatic hydroxyl groups excluding tert-OH is 1. The van der Waals surface area contributed by atoms with Crippen LogP contribution in [0.5, 0.6) is 0 Å². The predicted molar refractivity (Wildman–Crippen MR) is 101 cm³/mol. The minimum absolute atomic E-state index is 0.0920. The minimum Gasteiger partial charge on any atom is -0.393 e. The number of hydrogen-bond acceptors (Lipinski definition) is 2. The van der Waals surface area contributed by atoms with Crippen LogP contribution in [0.3, 0.4) is 0 Å². The molecule has 25 heavy (non-hydrogen) atoms. The Hall–Kier alpha value is -2.11. The Kier molecular flexibility index (Phi) is 4.13. The van der Waals surface area contributed by atoms with E-state index in [0.717, 1.165) is 43.2 Å². The maximum absolute atomic E-state index is 9.90. The fourth-order valence-electron chi connectivity index (χ4n) is 4.80. The summed E-state index contributed by atoms with van der Waals surface area (Å²) in [7, 11) is 0. The highest BCUT2D eigenvalue weighted by Gasteiger charge is 2.45. The van der Waals surface area contributed by atoms with Crippen molar-refractivity contribution in [1.29, 1.82) is 0 Å². The lowest BCUT2D eigenvalue weighted by atomic mass is 9.66. The normalized spacial score (nSPS) is 27.6. The number of rotatable bonds is 1. The average molecular weight is 331 g/mol. The van der Waals surface area contributed by atoms with E-state index in [1.807, 2.05) is 19.3 Å². The average Bonchev–Trinajstić information content (AvgIpc) is 2.90. The van der Waals surface area contributed by atoms with Gasteiger partial charge < -0.3 is 5.11 Å². The van der Waals surface area contributed by atoms with E-state index >= 15 is 0 Å². The molecule has 1 atom stereocenters. The number of aliphatic hydroxyl groups is 1. The van der Waals surface area contributed by atoms with Crippen molar-refractivity contribution in [1.82, 2.24) is 4.98 Å². The molecule has 1 heterocycles. The third-order valence-electron chi connectivity index (χ3n) is 6.37. The van der Waals surface area contributed by atoms with Gasteiger partial charge in [-0.3, -0.25) is 4.98 Å². The number of nitrogens with zero attached hydrogens (tertiary/aromatic N) is 1. The van der Waals surface area contributed by atoms with E-state index < -0.39 is 0 Å². The lowest BCUT2D eigenvalue weighted by molar-refractivity contribution is 0.0559. The first-order valence-corrected chi connectivity index (χ1v) is 9.30. The molecule has 2 heteroatoms. The Morgan fingerprint density at radius 2 is 1.92 bits per heavy atom. The van der Waals surface area contributed by atoms with E-state index in [1.165, 1.54) is 16.7 Å². The summed E-state index contributed by atoms with van der Waals surface area (Å²) in [4.78, 5) is 4.35. The van der Waals surface area contributed by atoms with Crippen molar-refractivity contribution >= 4 is 0 Å². The zero-order valence-electron chi connectivity index (χ0n) is 15.0. The predicted octanol–water partition coefficient (Wildman–Crippen LogP) is 4.70. The Balaban J connectivity index is 1.67. The van der Waals surface area contributed by atoms with Crippen LogP contribution < -0.4 is 0 Å². The molecule has 1 unspecified atom stereocenters. The van der Waals surface area contributed by atoms with Gasteiger partial charge in [0.15, 0.2) is 0 Å². The summed E-state index contributed by atoms with van der Waals surface area (Å²) in [6.07, 6.45) is 9.00. The maximum atomic E-state index is 9.90. The van der Waals surface area contributed by atoms with Gasteiger partial charge in [0.2, 0.25) is 0 Å². The molecule has 2 aromatic rings. The molecule has 0 aliphatic heterocycles. The molecule has 2 aliphatic rings. The molecule has 128 valence electrons. The number of hydrogen-bond donors (Lipinski definition) is 1. The first-order chi connectivity index (χ1) is 12.1. The zero-order chi connectivity index (χ0) is 17.4. The molecular weight excluding hydrogens is 306 g/mol. The highest BCUT2D eigenvalue weighted by molar-refractivity contribution is 5.66. The van der Waals surface area contributed by atoms with Gasteiger partial charge in [0.1, 0.15) is 0 Å². The van der Waals surface area contributed by atoms with Crippen LogP contribution in [0, 0.1) is 17.3 Å². The summed E-state index contributed by atoms with van der Waals surface area (Å²) in [5.41, 5.74) is 6.66. The summed E-state index contributed by atoms with van der Waals surface area (Å²) in [6, 6.07) is 9.01. The monoisotopic (exact) mass is 331 g/mol. The second-order valence-corrected chi connectivity index (χ2v) is 7.74. The first-order valence-electron chi connectivity index (χ1n) is 9.30. The number of benzene rings is 1. The van der Waals surface area contributed by atoms with Crippen molar-refractivity contribution in [3.05, 3.63) is 53.3 Å². The van der Waals surface area contributed by atoms with Crippen LogP contribution in [0.15, 0.2) is 36.7 Å². The highest BCUT2D eigenvalue weighted by atomic mass is 16.3. The van der Waals surface area contributed by atoms with Crippen molar-refractivity contribution in [3.63, 3.8) is 0 Å². The van der Waals surface area contributed by atoms with Crippen LogP contribution >= 0.6 is 0 Å². The molecule has 1 aromatic carbocycles. The Labute approximate surface area is 150 Å². The van der Waals surface area contributed by atoms with Crippen LogP contribution in [-0.2, 0) is 6.42 Å². The summed E-state index contributed by atoms with van der Waals surface area (Å²) < 4.78 is 0. The summed E-state index contributed by atoms with van der Waals surface area (Å²) in [5.74, 6) is 6.59. The molecule has 1 N–H and O–H groups in total. The lowest BCUT2D eigenvalue weighted by Gasteiger charge is -2.39. The molecule has 2 aliphatic carbocycles. The van der Waals surface area contributed by atoms with Crippen molar-refractivity contribution in [3.8, 4) is 23.0 Å². The second kappa shape index (κ2) is 6.32. The van der Waals surface area contributed by atoms with Gasteiger partial charge in [-0.2, -0.15) is 0 Å². The van der Waals surface area contributed by atoms with Crippen molar-refractivity contribution in [2.75, 3.05) is 0 Å². The van der Waals surface area contributed by atoms with Gasteiger partial charge >= 0.3 is 0 Å². The van der Waals surface area contributed by atoms with E-state index in [1.54, 1.807) is 0 Å². The van der Waals surface area contributed by atoms with E-state index in [4.69, 9.17) is 0 Å². The van der Waals surface area contributed by atoms with Gasteiger partial charge in [0.05, 0.1) is 6.10 Å². The summed E-state index contributed by atoms with van der Waals surface area (Å²) >= 11 is 0. The third-order valence-corrected chi connectivity index (χ3v) is 6.37. The Bertz CT molecular complexity index is 850. The fraction of sp³-hybridized carbons (Fsp3) is 0.435. The molecule has 0 bridgehead atoms. The Morgan fingerprint density at radius 3 is 2.68 bits per heavy atom. The van der Waals surface area contributed by atoms with Crippen molar-refractivity contribution in [2.45, 2.75) is 58.0 Å². The first kappa shape index (κ1) is 16.4. The Morgan fingerprint density at radius 1 is 1.12 bits per heavy atom. The van der Waals surface area contributed by atoms with Crippen molar-refractivity contribution < 1.29 is 5.11 Å². The topological polar surface area (TPSA) is 33.1 Å². The molecule has 1 aromatic heterocycles. The molecule has 0 saturated heterocycles. The van der Waals surface area contributed by atoms with E-state index in [9.17, 15) is 5.11 Å². The summed E-state index contributed by atoms with van der Waals surface area (Å²) in [5, 5.41) is 9.90. The molecule has 1 fully saturated rings. The highest BCUT2D eigenvalue weighted by Crippen LogP contribution is 2.55. The van der Waals surface area contributed by atoms with Gasteiger partial charge in [-0.1, -0.05) is 31.0 Å². The maximum Gasteiger partial charge on any atom is 0.0540 e. The van der Waals surface area contributed by atoms with Crippen LogP contribution in [0.4, 0.5) is 0 Å². The van der Waals surface area contributed by atoms with Gasteiger partial charge in [-0.15, -0.1) is 5.92 Å². The standard InChI is InChI=1S/C23H25NO/c1-3-4-17-11-20(15-24-14-17)18-5-6-19-13-23(16(2)22(19)12-18)9-7-21(25)8-10-23/h5-6,11-12,14-16,21,25H,7-10,13H2,1-2H3. The molecular formula is C23H25NO. The van der Waals surface area contributed by atoms with Crippen LogP contribution in [0.1, 0.15) is 62.1 Å². The second-order valence-electron chi connectivity index (χ2n) is 7.74. The van der Waals surface area contributed by atoms with Gasteiger partial charge in [0.25, 0.3) is 0 Å². The number of aromatic nitrogens is 1. The summed E-state index contributed by atoms with van der Waals surface area (Å²) in [6.45, 7) is 4.23. The quantitative estimate of drug-likeness (QED) is 0.768. The number of fused-ring (bicyclic) bond motifs is 1. The van der Waals surface area contributed by atoms with E-state index in [-0.39, 0.29) is 6.10 Å². The van der Waals surface area contributed by atoms with Crippen LogP contribution in [0.25, 0.3) is 11.1 Å². The largest absolute Gasteiger partial charge is 0.393 e. The van der Waals surface area contributed by atoms with Gasteiger partial charge in [-0.25, -0.2) is 0 Å². The molecule has 1 saturated carbocycles. The smallest absolute Gasteiger partial charge is 0.0540 e. The van der Waals surface area contributed by atoms with E-state index in [2.05, 4.69) is 48.0 Å². The van der Waals surface area contributed by atoms with Crippen LogP contribution in [-0.4, -0.2) is 16.2 Å². The fourth-order valence-corrected chi connectivity index (χ4v) is 4.80. The van der Waals surface area contributed by atoms with Gasteiger partial charge in [0, 0.05) is 23.5 Å². The molecule has 2 nitrogen and oxygen atoms in total. The molecule has 0 amide bonds. The number of pyridine rings is 1. The SMILES string of the molecule is CC#Cc1cncc(-c2ccc3c(c2)C(C)C2(CCC(O)CC2)C3)c1. The minimum atomic E-state index is -0.0920. The molecule has 1 spiro atoms. The van der Waals surface area contributed by atoms with Gasteiger partial charge in [-0.05, 0) is 73.1 Å². The zero-order valence-corrected chi connectivity index (χ0v) is 15.0. The van der Waals surface area contributed by atoms with Crippen molar-refractivity contribution in [2.24, 2.45) is 5.41 Å². The lowest BCUT2D eigenvalue weighted by Crippen LogP contribution is -2.32. The molecule has 0 radical (unpaired) electrons. The molecule has 4 rings (SSSR count). The van der Waals surface area contributed by atoms with Crippen LogP contribution in [0.2, 0.25) is 0 Å². The van der Waals surface area contributed by atoms with E-state index in [0.29, 0.717) is 11.3 Å².